The van der Waals surface area contributed by atoms with E-state index < -0.39 is 5.97 Å². The Labute approximate surface area is 170 Å². The van der Waals surface area contributed by atoms with Crippen LogP contribution < -0.4 is 0 Å². The minimum absolute atomic E-state index is 0.179. The van der Waals surface area contributed by atoms with Crippen LogP contribution in [0.1, 0.15) is 85.0 Å². The van der Waals surface area contributed by atoms with Crippen molar-refractivity contribution in [2.45, 2.75) is 97.2 Å². The quantitative estimate of drug-likeness (QED) is 0.659. The van der Waals surface area contributed by atoms with Crippen LogP contribution in [-0.4, -0.2) is 33.5 Å². The first-order chi connectivity index (χ1) is 13.2. The molecular formula is C24H40O4. The van der Waals surface area contributed by atoms with Gasteiger partial charge in [0.25, 0.3) is 0 Å². The van der Waals surface area contributed by atoms with Crippen LogP contribution in [0.25, 0.3) is 0 Å². The van der Waals surface area contributed by atoms with Crippen LogP contribution in [0.2, 0.25) is 0 Å². The Balaban J connectivity index is 1.55. The van der Waals surface area contributed by atoms with Crippen molar-refractivity contribution < 1.29 is 20.1 Å². The lowest BCUT2D eigenvalue weighted by molar-refractivity contribution is -0.174. The third kappa shape index (κ3) is 3.14. The summed E-state index contributed by atoms with van der Waals surface area (Å²) in [5, 5.41) is 30.5. The molecule has 0 heterocycles. The molecule has 4 aliphatic carbocycles. The molecule has 4 saturated carbocycles. The zero-order valence-electron chi connectivity index (χ0n) is 17.9. The van der Waals surface area contributed by atoms with Gasteiger partial charge in [-0.05, 0) is 104 Å². The fraction of sp³-hybridized carbons (Fsp3) is 0.958. The highest BCUT2D eigenvalue weighted by Crippen LogP contribution is 2.68. The Kier molecular flexibility index (Phi) is 5.36. The molecule has 4 heteroatoms. The molecule has 4 rings (SSSR count). The second kappa shape index (κ2) is 7.27. The number of carboxylic acid groups (broad SMARTS) is 1. The molecule has 0 bridgehead atoms. The van der Waals surface area contributed by atoms with Gasteiger partial charge in [-0.1, -0.05) is 20.8 Å². The lowest BCUT2D eigenvalue weighted by Crippen LogP contribution is -2.58. The summed E-state index contributed by atoms with van der Waals surface area (Å²) >= 11 is 0. The van der Waals surface area contributed by atoms with Gasteiger partial charge in [-0.15, -0.1) is 0 Å². The van der Waals surface area contributed by atoms with Gasteiger partial charge in [0.2, 0.25) is 0 Å². The van der Waals surface area contributed by atoms with E-state index in [4.69, 9.17) is 5.11 Å². The molecule has 0 spiro atoms. The van der Waals surface area contributed by atoms with Crippen molar-refractivity contribution in [3.8, 4) is 0 Å². The van der Waals surface area contributed by atoms with Crippen LogP contribution in [0.5, 0.6) is 0 Å². The van der Waals surface area contributed by atoms with E-state index in [1.165, 1.54) is 25.7 Å². The van der Waals surface area contributed by atoms with Gasteiger partial charge in [0, 0.05) is 6.42 Å². The summed E-state index contributed by atoms with van der Waals surface area (Å²) in [6, 6.07) is 0. The fourth-order valence-corrected chi connectivity index (χ4v) is 8.73. The predicted molar refractivity (Wildman–Crippen MR) is 109 cm³/mol. The van der Waals surface area contributed by atoms with E-state index in [-0.39, 0.29) is 29.5 Å². The summed E-state index contributed by atoms with van der Waals surface area (Å²) in [5.74, 6) is 2.36. The number of carboxylic acids is 1. The molecule has 4 nitrogen and oxygen atoms in total. The van der Waals surface area contributed by atoms with E-state index in [1.54, 1.807) is 0 Å². The molecule has 0 radical (unpaired) electrons. The van der Waals surface area contributed by atoms with Crippen LogP contribution in [0, 0.1) is 46.3 Å². The minimum atomic E-state index is -0.684. The number of aliphatic carboxylic acids is 1. The molecule has 0 amide bonds. The molecule has 5 unspecified atom stereocenters. The van der Waals surface area contributed by atoms with Crippen molar-refractivity contribution in [3.05, 3.63) is 0 Å². The van der Waals surface area contributed by atoms with E-state index in [1.807, 2.05) is 0 Å². The number of carbonyl (C=O) groups is 1. The number of hydrogen-bond donors (Lipinski definition) is 3. The average Bonchev–Trinajstić information content (AvgIpc) is 2.98. The van der Waals surface area contributed by atoms with Gasteiger partial charge in [-0.2, -0.15) is 0 Å². The summed E-state index contributed by atoms with van der Waals surface area (Å²) in [6.45, 7) is 7.16. The smallest absolute Gasteiger partial charge is 0.303 e. The van der Waals surface area contributed by atoms with Crippen LogP contribution in [-0.2, 0) is 4.79 Å². The van der Waals surface area contributed by atoms with E-state index in [0.29, 0.717) is 35.5 Å². The molecule has 0 aromatic rings. The predicted octanol–water partition coefficient (Wildman–Crippen LogP) is 4.48. The second-order valence-electron chi connectivity index (χ2n) is 11.4. The summed E-state index contributed by atoms with van der Waals surface area (Å²) < 4.78 is 0. The molecule has 0 aromatic carbocycles. The third-order valence-electron chi connectivity index (χ3n) is 10.2. The molecule has 28 heavy (non-hydrogen) atoms. The van der Waals surface area contributed by atoms with Crippen molar-refractivity contribution in [1.82, 2.24) is 0 Å². The first-order valence-corrected chi connectivity index (χ1v) is 11.7. The number of fused-ring (bicyclic) bond motifs is 5. The lowest BCUT2D eigenvalue weighted by Gasteiger charge is -2.62. The Hall–Kier alpha value is -0.610. The summed E-state index contributed by atoms with van der Waals surface area (Å²) in [6.07, 6.45) is 9.19. The summed E-state index contributed by atoms with van der Waals surface area (Å²) in [7, 11) is 0. The number of rotatable bonds is 4. The van der Waals surface area contributed by atoms with Crippen molar-refractivity contribution in [3.63, 3.8) is 0 Å². The number of aliphatic hydroxyl groups is 2. The summed E-state index contributed by atoms with van der Waals surface area (Å²) in [5.41, 5.74) is 0.523. The van der Waals surface area contributed by atoms with Gasteiger partial charge in [-0.25, -0.2) is 0 Å². The second-order valence-corrected chi connectivity index (χ2v) is 11.4. The molecule has 160 valence electrons. The fourth-order valence-electron chi connectivity index (χ4n) is 8.73. The SMILES string of the molecule is CC(CCC(=O)O)C1CCC2C3C(CC[C@]12C)[C@@]1(C)CC[C@@H](O)C[C@H]1C[C@@H]3O. The largest absolute Gasteiger partial charge is 0.481 e. The van der Waals surface area contributed by atoms with Gasteiger partial charge in [0.15, 0.2) is 0 Å². The number of hydrogen-bond acceptors (Lipinski definition) is 3. The van der Waals surface area contributed by atoms with Crippen LogP contribution in [0.15, 0.2) is 0 Å². The van der Waals surface area contributed by atoms with Gasteiger partial charge in [0.1, 0.15) is 0 Å². The first-order valence-electron chi connectivity index (χ1n) is 11.7. The van der Waals surface area contributed by atoms with E-state index >= 15 is 0 Å². The molecule has 0 aliphatic heterocycles. The van der Waals surface area contributed by atoms with E-state index in [9.17, 15) is 15.0 Å². The maximum atomic E-state index is 11.2. The van der Waals surface area contributed by atoms with Gasteiger partial charge in [0.05, 0.1) is 12.2 Å². The highest BCUT2D eigenvalue weighted by atomic mass is 16.4. The highest BCUT2D eigenvalue weighted by Gasteiger charge is 2.62. The van der Waals surface area contributed by atoms with Crippen molar-refractivity contribution in [1.29, 1.82) is 0 Å². The maximum absolute atomic E-state index is 11.2. The molecule has 0 aromatic heterocycles. The molecule has 4 fully saturated rings. The Morgan fingerprint density at radius 3 is 2.39 bits per heavy atom. The van der Waals surface area contributed by atoms with Gasteiger partial charge >= 0.3 is 5.97 Å². The van der Waals surface area contributed by atoms with Crippen LogP contribution in [0.4, 0.5) is 0 Å². The third-order valence-corrected chi connectivity index (χ3v) is 10.2. The van der Waals surface area contributed by atoms with Crippen molar-refractivity contribution >= 4 is 5.97 Å². The van der Waals surface area contributed by atoms with Crippen molar-refractivity contribution in [2.75, 3.05) is 0 Å². The normalized spacial score (nSPS) is 51.7. The van der Waals surface area contributed by atoms with E-state index in [0.717, 1.165) is 32.1 Å². The first kappa shape index (κ1) is 20.7. The topological polar surface area (TPSA) is 77.8 Å². The van der Waals surface area contributed by atoms with Crippen LogP contribution in [0.3, 0.4) is 0 Å². The lowest BCUT2D eigenvalue weighted by atomic mass is 9.43. The Morgan fingerprint density at radius 2 is 1.68 bits per heavy atom. The molecular weight excluding hydrogens is 352 g/mol. The Morgan fingerprint density at radius 1 is 1.00 bits per heavy atom. The maximum Gasteiger partial charge on any atom is 0.303 e. The molecule has 3 N–H and O–H groups in total. The zero-order chi connectivity index (χ0) is 20.3. The molecule has 10 atom stereocenters. The summed E-state index contributed by atoms with van der Waals surface area (Å²) in [4.78, 5) is 11.1. The van der Waals surface area contributed by atoms with Gasteiger partial charge < -0.3 is 15.3 Å². The van der Waals surface area contributed by atoms with Crippen molar-refractivity contribution in [2.24, 2.45) is 46.3 Å². The van der Waals surface area contributed by atoms with E-state index in [2.05, 4.69) is 20.8 Å². The Bertz CT molecular complexity index is 605. The molecule has 0 saturated heterocycles. The highest BCUT2D eigenvalue weighted by molar-refractivity contribution is 5.66. The number of aliphatic hydroxyl groups excluding tert-OH is 2. The zero-order valence-corrected chi connectivity index (χ0v) is 17.9. The molecule has 4 aliphatic rings. The van der Waals surface area contributed by atoms with Gasteiger partial charge in [-0.3, -0.25) is 4.79 Å². The minimum Gasteiger partial charge on any atom is -0.481 e. The standard InChI is InChI=1S/C24H40O4/c1-14(4-7-21(27)28)17-5-6-18-22-19(9-11-24(17,18)3)23(2)10-8-16(25)12-15(23)13-20(22)26/h14-20,22,25-26H,4-13H2,1-3H3,(H,27,28)/t14?,15-,16+,17?,18?,19?,20-,22?,23-,24+/m0/s1. The van der Waals surface area contributed by atoms with Crippen LogP contribution >= 0.6 is 0 Å². The monoisotopic (exact) mass is 392 g/mol. The average molecular weight is 393 g/mol.